The highest BCUT2D eigenvalue weighted by Crippen LogP contribution is 2.29. The minimum atomic E-state index is -2.88. The molecule has 0 unspecified atom stereocenters. The molecule has 1 aromatic heterocycles. The number of anilines is 3. The molecule has 2 N–H and O–H groups in total. The molecule has 0 atom stereocenters. The summed E-state index contributed by atoms with van der Waals surface area (Å²) in [5.74, 6) is 1.18. The molecule has 5 nitrogen and oxygen atoms in total. The second-order valence-corrected chi connectivity index (χ2v) is 4.65. The quantitative estimate of drug-likeness (QED) is 0.628. The van der Waals surface area contributed by atoms with Crippen molar-refractivity contribution < 1.29 is 13.5 Å². The molecule has 1 heterocycles. The number of aromatic nitrogens is 2. The van der Waals surface area contributed by atoms with Crippen LogP contribution in [0.5, 0.6) is 5.75 Å². The third-order valence-corrected chi connectivity index (χ3v) is 3.06. The van der Waals surface area contributed by atoms with Crippen LogP contribution in [0.1, 0.15) is 0 Å². The SMILES string of the molecule is CNc1cc(Nc2ccccc2OC(F)F)nc(SC)n1. The Labute approximate surface area is 125 Å². The Bertz CT molecular complexity index is 590. The lowest BCUT2D eigenvalue weighted by molar-refractivity contribution is -0.0493. The number of halogens is 2. The zero-order chi connectivity index (χ0) is 15.2. The van der Waals surface area contributed by atoms with Crippen molar-refractivity contribution >= 4 is 29.1 Å². The Morgan fingerprint density at radius 1 is 1.19 bits per heavy atom. The standard InChI is InChI=1S/C13H14F2N4OS/c1-16-10-7-11(19-13(18-10)21-2)17-8-5-3-4-6-9(8)20-12(14)15/h3-7,12H,1-2H3,(H2,16,17,18,19). The van der Waals surface area contributed by atoms with Crippen LogP contribution in [0.3, 0.4) is 0 Å². The molecule has 8 heteroatoms. The molecule has 0 spiro atoms. The van der Waals surface area contributed by atoms with Crippen LogP contribution >= 0.6 is 11.8 Å². The third-order valence-electron chi connectivity index (χ3n) is 2.51. The van der Waals surface area contributed by atoms with Gasteiger partial charge in [-0.15, -0.1) is 0 Å². The molecule has 0 aliphatic carbocycles. The predicted octanol–water partition coefficient (Wildman–Crippen LogP) is 3.59. The Kier molecular flexibility index (Phi) is 5.15. The van der Waals surface area contributed by atoms with E-state index in [4.69, 9.17) is 0 Å². The van der Waals surface area contributed by atoms with Gasteiger partial charge in [0.25, 0.3) is 0 Å². The summed E-state index contributed by atoms with van der Waals surface area (Å²) in [5, 5.41) is 6.45. The lowest BCUT2D eigenvalue weighted by Gasteiger charge is -2.13. The number of hydrogen-bond donors (Lipinski definition) is 2. The van der Waals surface area contributed by atoms with Gasteiger partial charge >= 0.3 is 6.61 Å². The molecular formula is C13H14F2N4OS. The number of thioether (sulfide) groups is 1. The number of hydrogen-bond acceptors (Lipinski definition) is 6. The normalized spacial score (nSPS) is 10.5. The summed E-state index contributed by atoms with van der Waals surface area (Å²) < 4.78 is 29.2. The number of benzene rings is 1. The highest BCUT2D eigenvalue weighted by Gasteiger charge is 2.10. The first-order valence-electron chi connectivity index (χ1n) is 6.04. The van der Waals surface area contributed by atoms with Crippen molar-refractivity contribution in [3.8, 4) is 5.75 Å². The minimum absolute atomic E-state index is 0.0582. The van der Waals surface area contributed by atoms with Gasteiger partial charge in [-0.25, -0.2) is 9.97 Å². The summed E-state index contributed by atoms with van der Waals surface area (Å²) >= 11 is 1.38. The fraction of sp³-hybridized carbons (Fsp3) is 0.231. The van der Waals surface area contributed by atoms with Crippen LogP contribution in [0.15, 0.2) is 35.5 Å². The maximum atomic E-state index is 12.4. The van der Waals surface area contributed by atoms with Gasteiger partial charge in [0, 0.05) is 13.1 Å². The van der Waals surface area contributed by atoms with E-state index in [2.05, 4.69) is 25.3 Å². The Morgan fingerprint density at radius 3 is 2.57 bits per heavy atom. The van der Waals surface area contributed by atoms with Gasteiger partial charge in [0.1, 0.15) is 17.4 Å². The Morgan fingerprint density at radius 2 is 1.90 bits per heavy atom. The summed E-state index contributed by atoms with van der Waals surface area (Å²) in [4.78, 5) is 8.51. The van der Waals surface area contributed by atoms with Crippen molar-refractivity contribution in [3.63, 3.8) is 0 Å². The van der Waals surface area contributed by atoms with Crippen molar-refractivity contribution in [2.24, 2.45) is 0 Å². The van der Waals surface area contributed by atoms with Crippen LogP contribution in [0.25, 0.3) is 0 Å². The first-order chi connectivity index (χ1) is 10.1. The average Bonchev–Trinajstić information content (AvgIpc) is 2.48. The third kappa shape index (κ3) is 4.19. The zero-order valence-electron chi connectivity index (χ0n) is 11.4. The average molecular weight is 312 g/mol. The van der Waals surface area contributed by atoms with Gasteiger partial charge in [-0.1, -0.05) is 23.9 Å². The molecule has 0 aliphatic heterocycles. The van der Waals surface area contributed by atoms with Gasteiger partial charge in [0.05, 0.1) is 5.69 Å². The van der Waals surface area contributed by atoms with Crippen LogP contribution in [0, 0.1) is 0 Å². The highest BCUT2D eigenvalue weighted by atomic mass is 32.2. The van der Waals surface area contributed by atoms with Gasteiger partial charge in [-0.05, 0) is 18.4 Å². The summed E-state index contributed by atoms with van der Waals surface area (Å²) in [6.07, 6.45) is 1.85. The molecule has 2 aromatic rings. The molecule has 0 saturated carbocycles. The monoisotopic (exact) mass is 312 g/mol. The summed E-state index contributed by atoms with van der Waals surface area (Å²) in [6.45, 7) is -2.88. The Hall–Kier alpha value is -2.09. The van der Waals surface area contributed by atoms with E-state index in [-0.39, 0.29) is 5.75 Å². The number of nitrogens with one attached hydrogen (secondary N) is 2. The highest BCUT2D eigenvalue weighted by molar-refractivity contribution is 7.98. The van der Waals surface area contributed by atoms with E-state index in [0.29, 0.717) is 22.5 Å². The van der Waals surface area contributed by atoms with Crippen LogP contribution in [0.4, 0.5) is 26.1 Å². The molecule has 0 bridgehead atoms. The van der Waals surface area contributed by atoms with Gasteiger partial charge in [0.2, 0.25) is 0 Å². The Balaban J connectivity index is 2.29. The van der Waals surface area contributed by atoms with Crippen molar-refractivity contribution in [1.82, 2.24) is 9.97 Å². The lowest BCUT2D eigenvalue weighted by Crippen LogP contribution is -2.05. The first kappa shape index (κ1) is 15.3. The number of rotatable bonds is 6. The molecule has 21 heavy (non-hydrogen) atoms. The lowest BCUT2D eigenvalue weighted by atomic mass is 10.3. The molecule has 1 aromatic carbocycles. The predicted molar refractivity (Wildman–Crippen MR) is 79.7 cm³/mol. The molecule has 0 radical (unpaired) electrons. The fourth-order valence-electron chi connectivity index (χ4n) is 1.62. The zero-order valence-corrected chi connectivity index (χ0v) is 12.2. The largest absolute Gasteiger partial charge is 0.433 e. The van der Waals surface area contributed by atoms with E-state index in [1.54, 1.807) is 31.3 Å². The fourth-order valence-corrected chi connectivity index (χ4v) is 1.99. The van der Waals surface area contributed by atoms with E-state index in [9.17, 15) is 8.78 Å². The summed E-state index contributed by atoms with van der Waals surface area (Å²) in [6, 6.07) is 8.12. The van der Waals surface area contributed by atoms with Gasteiger partial charge in [-0.2, -0.15) is 8.78 Å². The van der Waals surface area contributed by atoms with Crippen molar-refractivity contribution in [3.05, 3.63) is 30.3 Å². The van der Waals surface area contributed by atoms with Crippen LogP contribution in [0.2, 0.25) is 0 Å². The van der Waals surface area contributed by atoms with Crippen molar-refractivity contribution in [2.75, 3.05) is 23.9 Å². The first-order valence-corrected chi connectivity index (χ1v) is 7.26. The molecule has 0 saturated heterocycles. The van der Waals surface area contributed by atoms with E-state index in [0.717, 1.165) is 0 Å². The molecule has 0 aliphatic rings. The minimum Gasteiger partial charge on any atom is -0.433 e. The van der Waals surface area contributed by atoms with Crippen molar-refractivity contribution in [2.45, 2.75) is 11.8 Å². The van der Waals surface area contributed by atoms with Gasteiger partial charge < -0.3 is 15.4 Å². The number of ether oxygens (including phenoxy) is 1. The maximum Gasteiger partial charge on any atom is 0.387 e. The second kappa shape index (κ2) is 7.07. The van der Waals surface area contributed by atoms with Crippen LogP contribution in [-0.4, -0.2) is 29.9 Å². The van der Waals surface area contributed by atoms with E-state index in [1.807, 2.05) is 6.26 Å². The summed E-state index contributed by atoms with van der Waals surface area (Å²) in [7, 11) is 1.74. The number of alkyl halides is 2. The topological polar surface area (TPSA) is 59.1 Å². The maximum absolute atomic E-state index is 12.4. The molecule has 0 amide bonds. The van der Waals surface area contributed by atoms with Crippen LogP contribution in [-0.2, 0) is 0 Å². The van der Waals surface area contributed by atoms with E-state index < -0.39 is 6.61 Å². The molecule has 112 valence electrons. The number of para-hydroxylation sites is 2. The summed E-state index contributed by atoms with van der Waals surface area (Å²) in [5.41, 5.74) is 0.408. The smallest absolute Gasteiger partial charge is 0.387 e. The van der Waals surface area contributed by atoms with E-state index >= 15 is 0 Å². The second-order valence-electron chi connectivity index (χ2n) is 3.87. The molecular weight excluding hydrogens is 298 g/mol. The molecule has 2 rings (SSSR count). The number of nitrogens with zero attached hydrogens (tertiary/aromatic N) is 2. The molecule has 0 fully saturated rings. The van der Waals surface area contributed by atoms with Gasteiger partial charge in [-0.3, -0.25) is 0 Å². The van der Waals surface area contributed by atoms with E-state index in [1.165, 1.54) is 17.8 Å². The van der Waals surface area contributed by atoms with Crippen molar-refractivity contribution in [1.29, 1.82) is 0 Å². The van der Waals surface area contributed by atoms with Crippen LogP contribution < -0.4 is 15.4 Å². The van der Waals surface area contributed by atoms with Gasteiger partial charge in [0.15, 0.2) is 5.16 Å².